The Labute approximate surface area is 233 Å². The summed E-state index contributed by atoms with van der Waals surface area (Å²) >= 11 is 0. The van der Waals surface area contributed by atoms with Crippen LogP contribution in [0.25, 0.3) is 0 Å². The lowest BCUT2D eigenvalue weighted by Crippen LogP contribution is -2.62. The number of aliphatic hydroxyl groups excluding tert-OH is 4. The summed E-state index contributed by atoms with van der Waals surface area (Å²) in [5, 5.41) is 72.0. The standard InChI is InChI=1S/C26H32O15/c1-35-16-7-12(3-5-14(16)28)23(33)37-10-26(34)11-38-25(22(26)32)41-21-20(31)19(30)18(9-27)40-24(21)39-13-4-6-15(29)17(8-13)36-2/h3-8,18-22,24-25,27-32,34H,9-11H2,1-2H3/t18-,19+,20+,21+,22+,24+,25-,26-/m1/s1. The molecule has 0 aromatic heterocycles. The Morgan fingerprint density at radius 2 is 1.63 bits per heavy atom. The Hall–Kier alpha value is -3.41. The molecule has 2 fully saturated rings. The molecule has 0 aliphatic carbocycles. The number of phenols is 2. The van der Waals surface area contributed by atoms with Gasteiger partial charge in [-0.05, 0) is 30.3 Å². The second-order valence-corrected chi connectivity index (χ2v) is 9.45. The molecule has 2 aromatic rings. The van der Waals surface area contributed by atoms with Crippen LogP contribution in [0.2, 0.25) is 0 Å². The minimum Gasteiger partial charge on any atom is -0.504 e. The molecule has 2 aromatic carbocycles. The Morgan fingerprint density at radius 3 is 2.29 bits per heavy atom. The highest BCUT2D eigenvalue weighted by molar-refractivity contribution is 5.90. The van der Waals surface area contributed by atoms with Crippen LogP contribution in [0.3, 0.4) is 0 Å². The molecule has 0 unspecified atom stereocenters. The van der Waals surface area contributed by atoms with E-state index in [2.05, 4.69) is 0 Å². The molecule has 0 bridgehead atoms. The van der Waals surface area contributed by atoms with Gasteiger partial charge in [0, 0.05) is 6.07 Å². The largest absolute Gasteiger partial charge is 0.504 e. The average Bonchev–Trinajstić information content (AvgIpc) is 3.25. The maximum atomic E-state index is 12.5. The van der Waals surface area contributed by atoms with Gasteiger partial charge in [0.25, 0.3) is 0 Å². The number of esters is 1. The maximum absolute atomic E-state index is 12.5. The topological polar surface area (TPSA) is 223 Å². The Bertz CT molecular complexity index is 1210. The monoisotopic (exact) mass is 584 g/mol. The molecule has 8 atom stereocenters. The molecule has 0 saturated carbocycles. The normalized spacial score (nSPS) is 31.4. The fourth-order valence-corrected chi connectivity index (χ4v) is 4.29. The number of benzene rings is 2. The summed E-state index contributed by atoms with van der Waals surface area (Å²) in [6.07, 6.45) is -11.0. The SMILES string of the molecule is COc1cc(O[C@H]2O[C@H](CO)[C@H](O)[C@H](O)[C@@H]2O[C@H]2OC[C@](O)(COC(=O)c3ccc(O)c(OC)c3)[C@H]2O)ccc1O. The third kappa shape index (κ3) is 6.42. The van der Waals surface area contributed by atoms with Crippen LogP contribution >= 0.6 is 0 Å². The van der Waals surface area contributed by atoms with Crippen LogP contribution in [-0.2, 0) is 18.9 Å². The van der Waals surface area contributed by atoms with Crippen LogP contribution in [0.1, 0.15) is 10.4 Å². The van der Waals surface area contributed by atoms with E-state index in [0.29, 0.717) is 0 Å². The van der Waals surface area contributed by atoms with Crippen LogP contribution in [0.4, 0.5) is 0 Å². The van der Waals surface area contributed by atoms with Gasteiger partial charge in [-0.2, -0.15) is 0 Å². The van der Waals surface area contributed by atoms with Crippen molar-refractivity contribution >= 4 is 5.97 Å². The van der Waals surface area contributed by atoms with E-state index in [1.165, 1.54) is 50.6 Å². The van der Waals surface area contributed by atoms with Crippen molar-refractivity contribution in [1.82, 2.24) is 0 Å². The third-order valence-electron chi connectivity index (χ3n) is 6.69. The molecule has 2 heterocycles. The van der Waals surface area contributed by atoms with E-state index >= 15 is 0 Å². The number of phenolic OH excluding ortho intramolecular Hbond substituents is 2. The first-order chi connectivity index (χ1) is 19.5. The number of hydrogen-bond donors (Lipinski definition) is 7. The highest BCUT2D eigenvalue weighted by atomic mass is 16.8. The van der Waals surface area contributed by atoms with E-state index in [-0.39, 0.29) is 34.3 Å². The molecule has 2 aliphatic heterocycles. The molecular formula is C26H32O15. The quantitative estimate of drug-likeness (QED) is 0.160. The smallest absolute Gasteiger partial charge is 0.338 e. The predicted molar refractivity (Wildman–Crippen MR) is 134 cm³/mol. The zero-order valence-electron chi connectivity index (χ0n) is 22.0. The molecule has 15 nitrogen and oxygen atoms in total. The van der Waals surface area contributed by atoms with Crippen molar-refractivity contribution in [2.24, 2.45) is 0 Å². The van der Waals surface area contributed by atoms with Gasteiger partial charge in [-0.3, -0.25) is 0 Å². The van der Waals surface area contributed by atoms with E-state index < -0.39 is 74.5 Å². The number of aromatic hydroxyl groups is 2. The van der Waals surface area contributed by atoms with Crippen LogP contribution in [0.5, 0.6) is 28.7 Å². The Kier molecular flexibility index (Phi) is 9.41. The summed E-state index contributed by atoms with van der Waals surface area (Å²) in [5.41, 5.74) is -2.13. The van der Waals surface area contributed by atoms with E-state index in [1.54, 1.807) is 0 Å². The number of carbonyl (C=O) groups excluding carboxylic acids is 1. The number of methoxy groups -OCH3 is 2. The molecular weight excluding hydrogens is 552 g/mol. The second-order valence-electron chi connectivity index (χ2n) is 9.45. The first kappa shape index (κ1) is 30.5. The predicted octanol–water partition coefficient (Wildman–Crippen LogP) is -1.38. The lowest BCUT2D eigenvalue weighted by atomic mass is 9.98. The first-order valence-electron chi connectivity index (χ1n) is 12.4. The van der Waals surface area contributed by atoms with Crippen LogP contribution in [0, 0.1) is 0 Å². The van der Waals surface area contributed by atoms with E-state index in [1.807, 2.05) is 0 Å². The molecule has 7 N–H and O–H groups in total. The molecule has 0 amide bonds. The summed E-state index contributed by atoms with van der Waals surface area (Å²) in [7, 11) is 2.62. The lowest BCUT2D eigenvalue weighted by Gasteiger charge is -2.42. The lowest BCUT2D eigenvalue weighted by molar-refractivity contribution is -0.318. The minimum absolute atomic E-state index is 0.00482. The highest BCUT2D eigenvalue weighted by Crippen LogP contribution is 2.35. The van der Waals surface area contributed by atoms with Gasteiger partial charge in [-0.25, -0.2) is 4.79 Å². The highest BCUT2D eigenvalue weighted by Gasteiger charge is 2.54. The molecule has 0 radical (unpaired) electrons. The molecule has 4 rings (SSSR count). The van der Waals surface area contributed by atoms with Crippen molar-refractivity contribution in [3.8, 4) is 28.7 Å². The number of ether oxygens (including phenoxy) is 7. The molecule has 0 spiro atoms. The van der Waals surface area contributed by atoms with Gasteiger partial charge >= 0.3 is 5.97 Å². The molecule has 41 heavy (non-hydrogen) atoms. The summed E-state index contributed by atoms with van der Waals surface area (Å²) in [4.78, 5) is 12.5. The number of aliphatic hydroxyl groups is 5. The van der Waals surface area contributed by atoms with Crippen molar-refractivity contribution in [2.75, 3.05) is 34.0 Å². The minimum atomic E-state index is -2.13. The van der Waals surface area contributed by atoms with E-state index in [9.17, 15) is 40.5 Å². The van der Waals surface area contributed by atoms with Gasteiger partial charge in [0.05, 0.1) is 33.0 Å². The Balaban J connectivity index is 1.45. The van der Waals surface area contributed by atoms with Crippen LogP contribution < -0.4 is 14.2 Å². The number of carbonyl (C=O) groups is 1. The van der Waals surface area contributed by atoms with E-state index in [0.717, 1.165) is 0 Å². The molecule has 2 saturated heterocycles. The van der Waals surface area contributed by atoms with Crippen LogP contribution in [-0.4, -0.2) is 124 Å². The summed E-state index contributed by atoms with van der Waals surface area (Å²) in [5.74, 6) is -1.07. The van der Waals surface area contributed by atoms with Crippen molar-refractivity contribution in [3.05, 3.63) is 42.0 Å². The van der Waals surface area contributed by atoms with Crippen molar-refractivity contribution in [2.45, 2.75) is 48.7 Å². The Morgan fingerprint density at radius 1 is 0.976 bits per heavy atom. The van der Waals surface area contributed by atoms with Gasteiger partial charge in [0.1, 0.15) is 36.8 Å². The van der Waals surface area contributed by atoms with Crippen molar-refractivity contribution in [1.29, 1.82) is 0 Å². The average molecular weight is 585 g/mol. The number of hydrogen-bond acceptors (Lipinski definition) is 15. The fraction of sp³-hybridized carbons (Fsp3) is 0.500. The van der Waals surface area contributed by atoms with Gasteiger partial charge < -0.3 is 68.9 Å². The first-order valence-corrected chi connectivity index (χ1v) is 12.4. The summed E-state index contributed by atoms with van der Waals surface area (Å²) in [6.45, 7) is -1.94. The van der Waals surface area contributed by atoms with Gasteiger partial charge in [0.2, 0.25) is 6.29 Å². The van der Waals surface area contributed by atoms with Gasteiger partial charge in [-0.15, -0.1) is 0 Å². The summed E-state index contributed by atoms with van der Waals surface area (Å²) in [6, 6.07) is 7.69. The zero-order valence-corrected chi connectivity index (χ0v) is 22.0. The second kappa shape index (κ2) is 12.6. The molecule has 2 aliphatic rings. The van der Waals surface area contributed by atoms with E-state index in [4.69, 9.17) is 33.2 Å². The van der Waals surface area contributed by atoms with Gasteiger partial charge in [0.15, 0.2) is 41.0 Å². The fourth-order valence-electron chi connectivity index (χ4n) is 4.29. The molecule has 15 heteroatoms. The van der Waals surface area contributed by atoms with Crippen molar-refractivity contribution < 1.29 is 73.7 Å². The summed E-state index contributed by atoms with van der Waals surface area (Å²) < 4.78 is 37.6. The van der Waals surface area contributed by atoms with Crippen molar-refractivity contribution in [3.63, 3.8) is 0 Å². The zero-order chi connectivity index (χ0) is 29.9. The number of rotatable bonds is 10. The van der Waals surface area contributed by atoms with Crippen LogP contribution in [0.15, 0.2) is 36.4 Å². The molecule has 226 valence electrons. The third-order valence-corrected chi connectivity index (χ3v) is 6.69. The van der Waals surface area contributed by atoms with Gasteiger partial charge in [-0.1, -0.05) is 0 Å². The maximum Gasteiger partial charge on any atom is 0.338 e.